The minimum Gasteiger partial charge on any atom is -0.464 e. The van der Waals surface area contributed by atoms with Gasteiger partial charge in [-0.1, -0.05) is 37.3 Å². The molecule has 120 valence electrons. The molecule has 2 rings (SSSR count). The van der Waals surface area contributed by atoms with E-state index in [0.717, 1.165) is 18.4 Å². The van der Waals surface area contributed by atoms with Gasteiger partial charge in [-0.2, -0.15) is 0 Å². The molecule has 22 heavy (non-hydrogen) atoms. The number of carbonyl (C=O) groups is 2. The molecule has 1 aliphatic heterocycles. The van der Waals surface area contributed by atoms with Crippen molar-refractivity contribution in [3.05, 3.63) is 35.9 Å². The lowest BCUT2D eigenvalue weighted by Gasteiger charge is -2.27. The van der Waals surface area contributed by atoms with Gasteiger partial charge in [-0.25, -0.2) is 9.59 Å². The number of carbonyl (C=O) groups excluding carboxylic acids is 2. The summed E-state index contributed by atoms with van der Waals surface area (Å²) in [5.74, 6) is -0.338. The predicted molar refractivity (Wildman–Crippen MR) is 82.2 cm³/mol. The fourth-order valence-corrected chi connectivity index (χ4v) is 2.82. The third-order valence-corrected chi connectivity index (χ3v) is 3.95. The number of rotatable bonds is 5. The number of amides is 1. The van der Waals surface area contributed by atoms with Crippen LogP contribution >= 0.6 is 0 Å². The van der Waals surface area contributed by atoms with Gasteiger partial charge in [0.2, 0.25) is 0 Å². The zero-order valence-electron chi connectivity index (χ0n) is 13.2. The van der Waals surface area contributed by atoms with Gasteiger partial charge < -0.3 is 9.47 Å². The number of benzene rings is 1. The Hall–Kier alpha value is -2.04. The highest BCUT2D eigenvalue weighted by Gasteiger charge is 2.41. The number of ether oxygens (including phenoxy) is 2. The Morgan fingerprint density at radius 1 is 1.14 bits per heavy atom. The molecule has 1 aliphatic rings. The Morgan fingerprint density at radius 3 is 2.50 bits per heavy atom. The second-order valence-electron chi connectivity index (χ2n) is 5.35. The van der Waals surface area contributed by atoms with Crippen LogP contribution in [0.3, 0.4) is 0 Å². The molecular weight excluding hydrogens is 282 g/mol. The zero-order valence-corrected chi connectivity index (χ0v) is 13.2. The van der Waals surface area contributed by atoms with Gasteiger partial charge in [-0.3, -0.25) is 4.90 Å². The standard InChI is InChI=1S/C17H23NO4/c1-3-14-10-11-15(16(19)21-4-2)18(14)17(20)22-12-13-8-6-5-7-9-13/h5-9,14-15H,3-4,10-12H2,1-2H3/t14-,15+/m1/s1. The highest BCUT2D eigenvalue weighted by atomic mass is 16.6. The molecule has 1 heterocycles. The van der Waals surface area contributed by atoms with E-state index in [2.05, 4.69) is 0 Å². The van der Waals surface area contributed by atoms with Crippen molar-refractivity contribution in [2.45, 2.75) is 51.8 Å². The quantitative estimate of drug-likeness (QED) is 0.784. The fourth-order valence-electron chi connectivity index (χ4n) is 2.82. The maximum atomic E-state index is 12.4. The van der Waals surface area contributed by atoms with Gasteiger partial charge in [-0.05, 0) is 31.7 Å². The van der Waals surface area contributed by atoms with Gasteiger partial charge in [-0.15, -0.1) is 0 Å². The van der Waals surface area contributed by atoms with E-state index in [0.29, 0.717) is 13.0 Å². The minimum atomic E-state index is -0.520. The molecule has 1 aromatic rings. The molecular formula is C17H23NO4. The summed E-state index contributed by atoms with van der Waals surface area (Å²) in [7, 11) is 0. The molecule has 0 spiro atoms. The topological polar surface area (TPSA) is 55.8 Å². The number of esters is 1. The van der Waals surface area contributed by atoms with Crippen LogP contribution < -0.4 is 0 Å². The first-order chi connectivity index (χ1) is 10.7. The molecule has 5 heteroatoms. The Balaban J connectivity index is 2.01. The third kappa shape index (κ3) is 3.78. The van der Waals surface area contributed by atoms with Crippen molar-refractivity contribution < 1.29 is 19.1 Å². The first kappa shape index (κ1) is 16.3. The van der Waals surface area contributed by atoms with Crippen molar-refractivity contribution in [3.63, 3.8) is 0 Å². The van der Waals surface area contributed by atoms with Crippen molar-refractivity contribution in [3.8, 4) is 0 Å². The molecule has 0 bridgehead atoms. The van der Waals surface area contributed by atoms with Crippen LogP contribution in [0.5, 0.6) is 0 Å². The van der Waals surface area contributed by atoms with E-state index in [1.165, 1.54) is 0 Å². The summed E-state index contributed by atoms with van der Waals surface area (Å²) < 4.78 is 10.5. The molecule has 1 amide bonds. The van der Waals surface area contributed by atoms with Gasteiger partial charge in [0.25, 0.3) is 0 Å². The van der Waals surface area contributed by atoms with Gasteiger partial charge in [0.05, 0.1) is 6.61 Å². The van der Waals surface area contributed by atoms with E-state index in [-0.39, 0.29) is 18.6 Å². The molecule has 0 unspecified atom stereocenters. The molecule has 5 nitrogen and oxygen atoms in total. The van der Waals surface area contributed by atoms with E-state index >= 15 is 0 Å². The Kier molecular flexibility index (Phi) is 5.81. The Bertz CT molecular complexity index is 503. The second-order valence-corrected chi connectivity index (χ2v) is 5.35. The largest absolute Gasteiger partial charge is 0.464 e. The van der Waals surface area contributed by atoms with E-state index in [1.807, 2.05) is 37.3 Å². The summed E-state index contributed by atoms with van der Waals surface area (Å²) in [6, 6.07) is 9.03. The minimum absolute atomic E-state index is 0.0395. The second kappa shape index (κ2) is 7.82. The molecule has 0 aliphatic carbocycles. The summed E-state index contributed by atoms with van der Waals surface area (Å²) in [5.41, 5.74) is 0.927. The van der Waals surface area contributed by atoms with Crippen molar-refractivity contribution >= 4 is 12.1 Å². The van der Waals surface area contributed by atoms with Gasteiger partial charge >= 0.3 is 12.1 Å². The summed E-state index contributed by atoms with van der Waals surface area (Å²) in [5, 5.41) is 0. The lowest BCUT2D eigenvalue weighted by atomic mass is 10.1. The lowest BCUT2D eigenvalue weighted by molar-refractivity contribution is -0.148. The summed E-state index contributed by atoms with van der Waals surface area (Å²) in [6.45, 7) is 4.30. The molecule has 0 N–H and O–H groups in total. The number of hydrogen-bond acceptors (Lipinski definition) is 4. The highest BCUT2D eigenvalue weighted by Crippen LogP contribution is 2.28. The van der Waals surface area contributed by atoms with Gasteiger partial charge in [0.15, 0.2) is 0 Å². The van der Waals surface area contributed by atoms with Crippen LogP contribution in [0, 0.1) is 0 Å². The normalized spacial score (nSPS) is 20.7. The zero-order chi connectivity index (χ0) is 15.9. The van der Waals surface area contributed by atoms with Gasteiger partial charge in [0, 0.05) is 6.04 Å². The van der Waals surface area contributed by atoms with Crippen LogP contribution in [0.4, 0.5) is 4.79 Å². The number of hydrogen-bond donors (Lipinski definition) is 0. The summed E-state index contributed by atoms with van der Waals surface area (Å²) in [6.07, 6.45) is 1.81. The van der Waals surface area contributed by atoms with Crippen LogP contribution in [-0.2, 0) is 20.9 Å². The number of nitrogens with zero attached hydrogens (tertiary/aromatic N) is 1. The molecule has 1 aromatic carbocycles. The van der Waals surface area contributed by atoms with E-state index in [1.54, 1.807) is 11.8 Å². The van der Waals surface area contributed by atoms with Crippen LogP contribution in [0.1, 0.15) is 38.7 Å². The van der Waals surface area contributed by atoms with Crippen molar-refractivity contribution in [2.75, 3.05) is 6.61 Å². The van der Waals surface area contributed by atoms with E-state index in [9.17, 15) is 9.59 Å². The maximum Gasteiger partial charge on any atom is 0.411 e. The number of likely N-dealkylation sites (tertiary alicyclic amines) is 1. The maximum absolute atomic E-state index is 12.4. The Labute approximate surface area is 131 Å². The van der Waals surface area contributed by atoms with Crippen molar-refractivity contribution in [2.24, 2.45) is 0 Å². The summed E-state index contributed by atoms with van der Waals surface area (Å²) >= 11 is 0. The molecule has 2 atom stereocenters. The lowest BCUT2D eigenvalue weighted by Crippen LogP contribution is -2.45. The highest BCUT2D eigenvalue weighted by molar-refractivity contribution is 5.82. The predicted octanol–water partition coefficient (Wildman–Crippen LogP) is 3.13. The van der Waals surface area contributed by atoms with Crippen LogP contribution in [-0.4, -0.2) is 35.7 Å². The SMILES string of the molecule is CCOC(=O)[C@@H]1CC[C@@H](CC)N1C(=O)OCc1ccccc1. The van der Waals surface area contributed by atoms with E-state index in [4.69, 9.17) is 9.47 Å². The van der Waals surface area contributed by atoms with Crippen molar-refractivity contribution in [1.29, 1.82) is 0 Å². The van der Waals surface area contributed by atoms with Crippen LogP contribution in [0.15, 0.2) is 30.3 Å². The summed E-state index contributed by atoms with van der Waals surface area (Å²) in [4.78, 5) is 26.0. The van der Waals surface area contributed by atoms with Crippen LogP contribution in [0.25, 0.3) is 0 Å². The first-order valence-electron chi connectivity index (χ1n) is 7.83. The molecule has 0 aromatic heterocycles. The average Bonchev–Trinajstić information content (AvgIpc) is 2.98. The smallest absolute Gasteiger partial charge is 0.411 e. The first-order valence-corrected chi connectivity index (χ1v) is 7.83. The molecule has 1 fully saturated rings. The van der Waals surface area contributed by atoms with E-state index < -0.39 is 12.1 Å². The third-order valence-electron chi connectivity index (χ3n) is 3.95. The van der Waals surface area contributed by atoms with Crippen molar-refractivity contribution in [1.82, 2.24) is 4.90 Å². The monoisotopic (exact) mass is 305 g/mol. The molecule has 1 saturated heterocycles. The van der Waals surface area contributed by atoms with Crippen LogP contribution in [0.2, 0.25) is 0 Å². The van der Waals surface area contributed by atoms with Gasteiger partial charge in [0.1, 0.15) is 12.6 Å². The average molecular weight is 305 g/mol. The molecule has 0 radical (unpaired) electrons. The fraction of sp³-hybridized carbons (Fsp3) is 0.529. The molecule has 0 saturated carbocycles. The Morgan fingerprint density at radius 2 is 1.86 bits per heavy atom.